The number of ketones is 1. The number of fused-ring (bicyclic) bond motifs is 5. The average molecular weight is 569 g/mol. The van der Waals surface area contributed by atoms with Gasteiger partial charge in [-0.15, -0.1) is 0 Å². The monoisotopic (exact) mass is 568 g/mol. The van der Waals surface area contributed by atoms with Crippen molar-refractivity contribution in [3.05, 3.63) is 53.5 Å². The summed E-state index contributed by atoms with van der Waals surface area (Å²) in [6, 6.07) is 8.18. The first kappa shape index (κ1) is 29.4. The number of esters is 3. The lowest BCUT2D eigenvalue weighted by Crippen LogP contribution is -2.81. The Bertz CT molecular complexity index is 1320. The van der Waals surface area contributed by atoms with Gasteiger partial charge in [-0.25, -0.2) is 4.79 Å². The number of ether oxygens (including phenoxy) is 4. The van der Waals surface area contributed by atoms with Crippen LogP contribution >= 0.6 is 0 Å². The van der Waals surface area contributed by atoms with Gasteiger partial charge >= 0.3 is 17.9 Å². The first-order chi connectivity index (χ1) is 19.1. The SMILES string of the molecule is CC(=O)O[C@H]1C(=O)[C@@]2(C)[C@H]([C@H](OC(=O)c3ccccc3)[C@]3(O)C[C]C(C)=C1C3(C)C)[C@]1(OC(C)=O)CO[C@@H]1C[C@@H]2O. The highest BCUT2D eigenvalue weighted by atomic mass is 16.6. The maximum atomic E-state index is 14.7. The van der Waals surface area contributed by atoms with E-state index in [0.717, 1.165) is 0 Å². The number of hydrogen-bond donors (Lipinski definition) is 2. The van der Waals surface area contributed by atoms with E-state index in [-0.39, 0.29) is 25.0 Å². The molecule has 1 saturated heterocycles. The van der Waals surface area contributed by atoms with Gasteiger partial charge in [-0.05, 0) is 38.0 Å². The van der Waals surface area contributed by atoms with Crippen LogP contribution in [-0.2, 0) is 33.3 Å². The Morgan fingerprint density at radius 2 is 1.71 bits per heavy atom. The van der Waals surface area contributed by atoms with E-state index in [0.29, 0.717) is 11.1 Å². The van der Waals surface area contributed by atoms with Crippen molar-refractivity contribution >= 4 is 23.7 Å². The number of benzene rings is 1. The molecule has 2 bridgehead atoms. The zero-order valence-corrected chi connectivity index (χ0v) is 24.1. The summed E-state index contributed by atoms with van der Waals surface area (Å²) in [4.78, 5) is 53.3. The molecule has 0 amide bonds. The minimum absolute atomic E-state index is 0.0732. The molecule has 2 saturated carbocycles. The number of Topliss-reactive ketones (excluding diaryl/α,β-unsaturated/α-hetero) is 1. The van der Waals surface area contributed by atoms with Crippen molar-refractivity contribution in [1.29, 1.82) is 0 Å². The highest BCUT2D eigenvalue weighted by Gasteiger charge is 2.77. The van der Waals surface area contributed by atoms with Gasteiger partial charge in [-0.3, -0.25) is 14.4 Å². The summed E-state index contributed by atoms with van der Waals surface area (Å²) in [6.45, 7) is 8.82. The van der Waals surface area contributed by atoms with E-state index in [1.807, 2.05) is 0 Å². The molecule has 2 N–H and O–H groups in total. The predicted octanol–water partition coefficient (Wildman–Crippen LogP) is 2.37. The number of allylic oxidation sites excluding steroid dienone is 1. The molecule has 1 aromatic carbocycles. The van der Waals surface area contributed by atoms with Crippen LogP contribution in [0.15, 0.2) is 41.5 Å². The smallest absolute Gasteiger partial charge is 0.338 e. The van der Waals surface area contributed by atoms with E-state index in [1.165, 1.54) is 20.8 Å². The van der Waals surface area contributed by atoms with Crippen LogP contribution in [-0.4, -0.2) is 76.1 Å². The predicted molar refractivity (Wildman–Crippen MR) is 142 cm³/mol. The number of rotatable bonds is 4. The van der Waals surface area contributed by atoms with Crippen LogP contribution in [0.1, 0.15) is 64.7 Å². The Morgan fingerprint density at radius 3 is 2.27 bits per heavy atom. The highest BCUT2D eigenvalue weighted by molar-refractivity contribution is 5.95. The van der Waals surface area contributed by atoms with Crippen molar-refractivity contribution in [1.82, 2.24) is 0 Å². The average Bonchev–Trinajstić information content (AvgIpc) is 2.89. The molecule has 4 aliphatic rings. The van der Waals surface area contributed by atoms with Gasteiger partial charge in [-0.1, -0.05) is 37.6 Å². The van der Waals surface area contributed by atoms with E-state index in [1.54, 1.807) is 51.1 Å². The fraction of sp³-hybridized carbons (Fsp3) is 0.581. The third kappa shape index (κ3) is 4.09. The second-order valence-corrected chi connectivity index (χ2v) is 12.3. The van der Waals surface area contributed by atoms with E-state index in [9.17, 15) is 29.4 Å². The fourth-order valence-corrected chi connectivity index (χ4v) is 7.56. The Balaban J connectivity index is 1.81. The number of hydrogen-bond acceptors (Lipinski definition) is 10. The van der Waals surface area contributed by atoms with Gasteiger partial charge in [0.05, 0.1) is 29.6 Å². The van der Waals surface area contributed by atoms with Crippen LogP contribution < -0.4 is 0 Å². The third-order valence-corrected chi connectivity index (χ3v) is 9.81. The summed E-state index contributed by atoms with van der Waals surface area (Å²) < 4.78 is 23.6. The molecule has 3 fully saturated rings. The second-order valence-electron chi connectivity index (χ2n) is 12.3. The van der Waals surface area contributed by atoms with Gasteiger partial charge in [0.25, 0.3) is 0 Å². The zero-order chi connectivity index (χ0) is 30.1. The Hall–Kier alpha value is -3.08. The van der Waals surface area contributed by atoms with E-state index in [2.05, 4.69) is 6.42 Å². The Kier molecular flexibility index (Phi) is 6.99. The first-order valence-electron chi connectivity index (χ1n) is 13.8. The molecule has 0 unspecified atom stereocenters. The lowest BCUT2D eigenvalue weighted by atomic mass is 9.45. The second kappa shape index (κ2) is 9.74. The number of aliphatic hydroxyl groups is 2. The lowest BCUT2D eigenvalue weighted by Gasteiger charge is -2.67. The summed E-state index contributed by atoms with van der Waals surface area (Å²) >= 11 is 0. The standard InChI is InChI=1S/C31H36O10/c1-16-12-13-31(37)26(40-27(36)19-10-8-7-9-11-19)24-29(6,20(34)14-21-30(24,15-38-21)41-18(3)33)25(35)23(39-17(2)32)22(16)28(31,4)5/h7-11,20-21,23-24,26,34,37H,13-15H2,1-6H3/t20-,21+,23+,24-,26-,29+,30-,31+/m0/s1. The van der Waals surface area contributed by atoms with Crippen LogP contribution in [0.3, 0.4) is 0 Å². The minimum Gasteiger partial charge on any atom is -0.455 e. The minimum atomic E-state index is -1.94. The Morgan fingerprint density at radius 1 is 1.05 bits per heavy atom. The summed E-state index contributed by atoms with van der Waals surface area (Å²) in [5.74, 6) is -4.11. The quantitative estimate of drug-likeness (QED) is 0.410. The molecule has 220 valence electrons. The third-order valence-electron chi connectivity index (χ3n) is 9.81. The number of carbonyl (C=O) groups is 4. The zero-order valence-electron chi connectivity index (χ0n) is 24.1. The van der Waals surface area contributed by atoms with Crippen LogP contribution in [0, 0.1) is 23.2 Å². The van der Waals surface area contributed by atoms with Gasteiger partial charge in [0.15, 0.2) is 17.5 Å². The lowest BCUT2D eigenvalue weighted by molar-refractivity contribution is -0.344. The molecule has 5 rings (SSSR count). The van der Waals surface area contributed by atoms with Gasteiger partial charge in [0.1, 0.15) is 17.8 Å². The van der Waals surface area contributed by atoms with Crippen molar-refractivity contribution in [3.8, 4) is 0 Å². The molecule has 3 aliphatic carbocycles. The summed E-state index contributed by atoms with van der Waals surface area (Å²) in [7, 11) is 0. The topological polar surface area (TPSA) is 146 Å². The van der Waals surface area contributed by atoms with E-state index < -0.39 is 76.1 Å². The van der Waals surface area contributed by atoms with Crippen molar-refractivity contribution < 1.29 is 48.3 Å². The van der Waals surface area contributed by atoms with Crippen molar-refractivity contribution in [2.75, 3.05) is 6.61 Å². The van der Waals surface area contributed by atoms with Gasteiger partial charge in [-0.2, -0.15) is 0 Å². The van der Waals surface area contributed by atoms with Crippen LogP contribution in [0.2, 0.25) is 0 Å². The maximum Gasteiger partial charge on any atom is 0.338 e. The van der Waals surface area contributed by atoms with Crippen LogP contribution in [0.4, 0.5) is 0 Å². The van der Waals surface area contributed by atoms with Crippen molar-refractivity contribution in [2.45, 2.75) is 90.0 Å². The molecule has 0 aromatic heterocycles. The molecule has 1 aliphatic heterocycles. The Labute approximate surface area is 239 Å². The molecule has 1 aromatic rings. The molecule has 10 heteroatoms. The molecule has 41 heavy (non-hydrogen) atoms. The van der Waals surface area contributed by atoms with Gasteiger partial charge in [0.2, 0.25) is 0 Å². The van der Waals surface area contributed by atoms with E-state index in [4.69, 9.17) is 18.9 Å². The van der Waals surface area contributed by atoms with Crippen molar-refractivity contribution in [3.63, 3.8) is 0 Å². The molecule has 0 spiro atoms. The number of carbonyl (C=O) groups excluding carboxylic acids is 4. The molecular formula is C31H36O10. The summed E-state index contributed by atoms with van der Waals surface area (Å²) in [6.07, 6.45) is -2.26. The van der Waals surface area contributed by atoms with Gasteiger partial charge in [0, 0.05) is 32.1 Å². The molecular weight excluding hydrogens is 532 g/mol. The fourth-order valence-electron chi connectivity index (χ4n) is 7.56. The van der Waals surface area contributed by atoms with E-state index >= 15 is 0 Å². The van der Waals surface area contributed by atoms with Crippen LogP contribution in [0.5, 0.6) is 0 Å². The molecule has 2 radical (unpaired) electrons. The number of aliphatic hydroxyl groups excluding tert-OH is 1. The van der Waals surface area contributed by atoms with Crippen molar-refractivity contribution in [2.24, 2.45) is 16.7 Å². The first-order valence-corrected chi connectivity index (χ1v) is 13.8. The molecule has 1 heterocycles. The van der Waals surface area contributed by atoms with Gasteiger partial charge < -0.3 is 29.2 Å². The molecule has 8 atom stereocenters. The normalized spacial score (nSPS) is 39.2. The van der Waals surface area contributed by atoms with Crippen LogP contribution in [0.25, 0.3) is 0 Å². The summed E-state index contributed by atoms with van der Waals surface area (Å²) in [5, 5.41) is 24.4. The largest absolute Gasteiger partial charge is 0.455 e. The highest BCUT2D eigenvalue weighted by Crippen LogP contribution is 2.64. The molecule has 10 nitrogen and oxygen atoms in total. The summed E-state index contributed by atoms with van der Waals surface area (Å²) in [5.41, 5.74) is -5.59. The maximum absolute atomic E-state index is 14.7.